The fraction of sp³-hybridized carbons (Fsp3) is 0.326. The number of hydrogen-bond acceptors (Lipinski definition) is 12. The summed E-state index contributed by atoms with van der Waals surface area (Å²) in [5, 5.41) is 13.5. The number of carbonyl (C=O) groups excluding carboxylic acids is 3. The Kier molecular flexibility index (Phi) is 10.0. The molecule has 10 rings (SSSR count). The van der Waals surface area contributed by atoms with Gasteiger partial charge >= 0.3 is 0 Å². The van der Waals surface area contributed by atoms with E-state index in [1.165, 1.54) is 11.5 Å². The summed E-state index contributed by atoms with van der Waals surface area (Å²) >= 11 is 0. The Morgan fingerprint density at radius 1 is 0.770 bits per heavy atom. The van der Waals surface area contributed by atoms with Gasteiger partial charge in [-0.25, -0.2) is 4.98 Å². The zero-order chi connectivity index (χ0) is 41.6. The third-order valence-electron chi connectivity index (χ3n) is 12.1. The van der Waals surface area contributed by atoms with Crippen molar-refractivity contribution in [3.05, 3.63) is 109 Å². The molecule has 0 spiro atoms. The lowest BCUT2D eigenvalue weighted by atomic mass is 9.91. The predicted octanol–water partition coefficient (Wildman–Crippen LogP) is 6.02. The number of hydrogen-bond donors (Lipinski definition) is 1. The zero-order valence-electron chi connectivity index (χ0n) is 33.7. The SMILES string of the molecule is C=C1CCC(N2C(=O)c3ccc(OCCOc4cnnc(N5CCC(O[C@H]6C[C@H](Oc7ccc(-c8ccc9c%10cnccc%10n(C)c9c8)cn7)C6)CC5)c4)cc3C2=O)C(=O)N1. The molecular weight excluding hydrogens is 777 g/mol. The third kappa shape index (κ3) is 7.50. The molecule has 4 aromatic heterocycles. The minimum Gasteiger partial charge on any atom is -0.490 e. The summed E-state index contributed by atoms with van der Waals surface area (Å²) in [7, 11) is 2.08. The molecule has 3 fully saturated rings. The minimum atomic E-state index is -0.866. The molecule has 2 aromatic carbocycles. The number of fused-ring (bicyclic) bond motifs is 4. The first kappa shape index (κ1) is 38.3. The Labute approximate surface area is 351 Å². The van der Waals surface area contributed by atoms with E-state index in [1.807, 2.05) is 36.8 Å². The van der Waals surface area contributed by atoms with Gasteiger partial charge in [-0.15, -0.1) is 5.10 Å². The molecule has 1 unspecified atom stereocenters. The fourth-order valence-electron chi connectivity index (χ4n) is 8.75. The Hall–Kier alpha value is -6.87. The van der Waals surface area contributed by atoms with E-state index in [-0.39, 0.29) is 42.7 Å². The number of anilines is 1. The monoisotopic (exact) mass is 820 g/mol. The number of pyridine rings is 2. The van der Waals surface area contributed by atoms with Crippen LogP contribution in [0.5, 0.6) is 17.4 Å². The summed E-state index contributed by atoms with van der Waals surface area (Å²) in [6.45, 7) is 5.76. The lowest BCUT2D eigenvalue weighted by Crippen LogP contribution is -2.51. The molecule has 1 aliphatic carbocycles. The van der Waals surface area contributed by atoms with Crippen molar-refractivity contribution in [3.63, 3.8) is 0 Å². The maximum absolute atomic E-state index is 13.2. The molecule has 1 N–H and O–H groups in total. The number of aromatic nitrogens is 5. The molecule has 0 radical (unpaired) electrons. The van der Waals surface area contributed by atoms with Crippen LogP contribution in [0.4, 0.5) is 5.82 Å². The zero-order valence-corrected chi connectivity index (χ0v) is 33.7. The maximum Gasteiger partial charge on any atom is 0.262 e. The molecule has 15 heteroatoms. The van der Waals surface area contributed by atoms with Gasteiger partial charge in [-0.2, -0.15) is 5.10 Å². The summed E-state index contributed by atoms with van der Waals surface area (Å²) in [6.07, 6.45) is 11.9. The van der Waals surface area contributed by atoms with Crippen LogP contribution in [0.15, 0.2) is 97.7 Å². The van der Waals surface area contributed by atoms with Gasteiger partial charge in [0, 0.05) is 91.3 Å². The quantitative estimate of drug-likeness (QED) is 0.113. The van der Waals surface area contributed by atoms with Gasteiger partial charge in [0.1, 0.15) is 36.9 Å². The van der Waals surface area contributed by atoms with E-state index in [0.717, 1.165) is 77.0 Å². The van der Waals surface area contributed by atoms with Crippen molar-refractivity contribution in [1.82, 2.24) is 34.9 Å². The average molecular weight is 821 g/mol. The number of benzene rings is 2. The molecule has 2 saturated heterocycles. The van der Waals surface area contributed by atoms with Crippen molar-refractivity contribution in [2.75, 3.05) is 31.2 Å². The fourth-order valence-corrected chi connectivity index (χ4v) is 8.75. The number of rotatable bonds is 12. The van der Waals surface area contributed by atoms with E-state index in [2.05, 4.69) is 72.8 Å². The molecule has 61 heavy (non-hydrogen) atoms. The standard InChI is InChI=1S/C46H44N8O7/c1-27-3-9-40(44(55)50-27)54-45(56)36-8-6-31(22-37(36)46(54)57)58-17-18-59-34-23-42(51-49-25-34)53-15-12-30(13-16-53)60-32-20-33(21-32)61-43-10-5-29(24-48-43)28-4-7-35-38-26-47-14-11-39(38)52(2)41(35)19-28/h4-8,10-11,14,19,22-26,30,32-33,40H,1,3,9,12-13,15-18,20-21H2,2H3,(H,50,55)/t32-,33-,40?. The highest BCUT2D eigenvalue weighted by atomic mass is 16.5. The Morgan fingerprint density at radius 3 is 2.38 bits per heavy atom. The van der Waals surface area contributed by atoms with E-state index in [1.54, 1.807) is 18.3 Å². The van der Waals surface area contributed by atoms with Gasteiger partial charge in [0.2, 0.25) is 11.8 Å². The second-order valence-corrected chi connectivity index (χ2v) is 16.0. The lowest BCUT2D eigenvalue weighted by Gasteiger charge is -2.39. The van der Waals surface area contributed by atoms with E-state index in [4.69, 9.17) is 18.9 Å². The van der Waals surface area contributed by atoms with Crippen molar-refractivity contribution in [2.24, 2.45) is 7.05 Å². The van der Waals surface area contributed by atoms with Crippen LogP contribution in [0.3, 0.4) is 0 Å². The van der Waals surface area contributed by atoms with Crippen molar-refractivity contribution in [2.45, 2.75) is 62.9 Å². The molecule has 310 valence electrons. The molecule has 0 bridgehead atoms. The van der Waals surface area contributed by atoms with Crippen LogP contribution in [-0.4, -0.2) is 98.0 Å². The lowest BCUT2D eigenvalue weighted by molar-refractivity contribution is -0.125. The second-order valence-electron chi connectivity index (χ2n) is 16.0. The van der Waals surface area contributed by atoms with Gasteiger partial charge in [-0.1, -0.05) is 18.7 Å². The summed E-state index contributed by atoms with van der Waals surface area (Å²) in [4.78, 5) is 50.9. The molecule has 3 aliphatic heterocycles. The average Bonchev–Trinajstić information content (AvgIpc) is 3.69. The number of piperidine rings is 2. The van der Waals surface area contributed by atoms with Gasteiger partial charge < -0.3 is 33.7 Å². The summed E-state index contributed by atoms with van der Waals surface area (Å²) < 4.78 is 26.7. The minimum absolute atomic E-state index is 0.0839. The Bertz CT molecular complexity index is 2690. The highest BCUT2D eigenvalue weighted by Gasteiger charge is 2.44. The Morgan fingerprint density at radius 2 is 1.57 bits per heavy atom. The number of ether oxygens (including phenoxy) is 4. The van der Waals surface area contributed by atoms with Crippen LogP contribution in [0.2, 0.25) is 0 Å². The van der Waals surface area contributed by atoms with Crippen LogP contribution >= 0.6 is 0 Å². The molecule has 1 atom stereocenters. The number of aryl methyl sites for hydroxylation is 1. The van der Waals surface area contributed by atoms with Gasteiger partial charge in [0.25, 0.3) is 11.8 Å². The van der Waals surface area contributed by atoms with Crippen molar-refractivity contribution < 1.29 is 33.3 Å². The van der Waals surface area contributed by atoms with Crippen LogP contribution in [0, 0.1) is 0 Å². The summed E-state index contributed by atoms with van der Waals surface area (Å²) in [6, 6.07) is 18.3. The van der Waals surface area contributed by atoms with E-state index in [0.29, 0.717) is 35.9 Å². The van der Waals surface area contributed by atoms with Crippen LogP contribution in [0.25, 0.3) is 32.9 Å². The molecule has 7 heterocycles. The number of imide groups is 1. The van der Waals surface area contributed by atoms with Gasteiger partial charge in [0.15, 0.2) is 5.82 Å². The number of nitrogens with one attached hydrogen (secondary N) is 1. The topological polar surface area (TPSA) is 163 Å². The number of carbonyl (C=O) groups is 3. The molecular formula is C46H44N8O7. The number of amides is 3. The largest absolute Gasteiger partial charge is 0.490 e. The Balaban J connectivity index is 0.648. The van der Waals surface area contributed by atoms with Crippen LogP contribution in [-0.2, 0) is 16.6 Å². The maximum atomic E-state index is 13.2. The van der Waals surface area contributed by atoms with Crippen molar-refractivity contribution in [1.29, 1.82) is 0 Å². The van der Waals surface area contributed by atoms with Crippen molar-refractivity contribution in [3.8, 4) is 28.5 Å². The highest BCUT2D eigenvalue weighted by molar-refractivity contribution is 6.23. The van der Waals surface area contributed by atoms with E-state index in [9.17, 15) is 14.4 Å². The molecule has 3 amide bonds. The predicted molar refractivity (Wildman–Crippen MR) is 225 cm³/mol. The van der Waals surface area contributed by atoms with E-state index >= 15 is 0 Å². The highest BCUT2D eigenvalue weighted by Crippen LogP contribution is 2.35. The first-order valence-electron chi connectivity index (χ1n) is 20.7. The number of allylic oxidation sites excluding steroid dienone is 1. The number of nitrogens with zero attached hydrogens (tertiary/aromatic N) is 7. The molecule has 4 aliphatic rings. The summed E-state index contributed by atoms with van der Waals surface area (Å²) in [5.41, 5.74) is 5.50. The van der Waals surface area contributed by atoms with Gasteiger partial charge in [-0.05, 0) is 67.6 Å². The van der Waals surface area contributed by atoms with Gasteiger partial charge in [0.05, 0.1) is 35.0 Å². The smallest absolute Gasteiger partial charge is 0.262 e. The normalized spacial score (nSPS) is 20.5. The van der Waals surface area contributed by atoms with E-state index < -0.39 is 23.8 Å². The van der Waals surface area contributed by atoms with Crippen LogP contribution in [0.1, 0.15) is 59.2 Å². The second kappa shape index (κ2) is 16.0. The molecule has 1 saturated carbocycles. The molecule has 15 nitrogen and oxygen atoms in total. The van der Waals surface area contributed by atoms with Gasteiger partial charge in [-0.3, -0.25) is 24.3 Å². The van der Waals surface area contributed by atoms with Crippen LogP contribution < -0.4 is 24.4 Å². The molecule has 6 aromatic rings. The third-order valence-corrected chi connectivity index (χ3v) is 12.1. The van der Waals surface area contributed by atoms with Crippen molar-refractivity contribution >= 4 is 45.3 Å². The first-order valence-corrected chi connectivity index (χ1v) is 20.7. The summed E-state index contributed by atoms with van der Waals surface area (Å²) in [5.74, 6) is 0.948. The first-order chi connectivity index (χ1) is 29.8.